The molecule has 0 fully saturated rings. The molecule has 1 nitrogen and oxygen atoms in total. The van der Waals surface area contributed by atoms with Crippen LogP contribution in [0.3, 0.4) is 0 Å². The summed E-state index contributed by atoms with van der Waals surface area (Å²) in [4.78, 5) is 0. The molecule has 0 unspecified atom stereocenters. The quantitative estimate of drug-likeness (QED) is 0.201. The average Bonchev–Trinajstić information content (AvgIpc) is 2.86. The normalized spacial score (nSPS) is 11.2. The Morgan fingerprint density at radius 2 is 1.22 bits per heavy atom. The van der Waals surface area contributed by atoms with Gasteiger partial charge < -0.3 is 4.74 Å². The molecule has 0 N–H and O–H groups in total. The highest BCUT2D eigenvalue weighted by atomic mass is 16.5. The molecule has 0 atom stereocenters. The average molecular weight is 413 g/mol. The molecule has 0 aliphatic rings. The van der Waals surface area contributed by atoms with Crippen molar-refractivity contribution < 1.29 is 4.74 Å². The molecule has 5 aromatic carbocycles. The third-order valence-corrected chi connectivity index (χ3v) is 5.76. The van der Waals surface area contributed by atoms with E-state index in [0.29, 0.717) is 6.61 Å². The maximum atomic E-state index is 5.95. The summed E-state index contributed by atoms with van der Waals surface area (Å²) in [5, 5.41) is 5.06. The van der Waals surface area contributed by atoms with Crippen LogP contribution in [0.25, 0.3) is 39.8 Å². The van der Waals surface area contributed by atoms with Crippen LogP contribution in [0.4, 0.5) is 0 Å². The fourth-order valence-corrected chi connectivity index (χ4v) is 4.00. The summed E-state index contributed by atoms with van der Waals surface area (Å²) in [6.07, 6.45) is 6.24. The van der Waals surface area contributed by atoms with Gasteiger partial charge in [0.05, 0.1) is 0 Å². The van der Waals surface area contributed by atoms with Gasteiger partial charge in [-0.2, -0.15) is 0 Å². The molecule has 0 saturated heterocycles. The van der Waals surface area contributed by atoms with Crippen LogP contribution in [0, 0.1) is 0 Å². The van der Waals surface area contributed by atoms with Crippen LogP contribution in [0.2, 0.25) is 0 Å². The lowest BCUT2D eigenvalue weighted by Crippen LogP contribution is -1.95. The maximum Gasteiger partial charge on any atom is 0.119 e. The van der Waals surface area contributed by atoms with E-state index in [2.05, 4.69) is 110 Å². The monoisotopic (exact) mass is 412 g/mol. The van der Waals surface area contributed by atoms with Crippen molar-refractivity contribution in [2.75, 3.05) is 0 Å². The molecule has 0 amide bonds. The lowest BCUT2D eigenvalue weighted by Gasteiger charge is -2.09. The third kappa shape index (κ3) is 4.19. The molecule has 0 aliphatic carbocycles. The minimum atomic E-state index is 0.550. The van der Waals surface area contributed by atoms with E-state index in [1.165, 1.54) is 27.1 Å². The number of ether oxygens (including phenoxy) is 1. The van der Waals surface area contributed by atoms with Crippen LogP contribution in [-0.4, -0.2) is 0 Å². The summed E-state index contributed by atoms with van der Waals surface area (Å²) >= 11 is 0. The zero-order valence-corrected chi connectivity index (χ0v) is 17.9. The second-order valence-corrected chi connectivity index (χ2v) is 7.87. The molecular formula is C31H24O. The van der Waals surface area contributed by atoms with Crippen molar-refractivity contribution in [1.29, 1.82) is 0 Å². The van der Waals surface area contributed by atoms with E-state index in [9.17, 15) is 0 Å². The van der Waals surface area contributed by atoms with E-state index in [1.54, 1.807) is 0 Å². The number of hydrogen-bond acceptors (Lipinski definition) is 1. The standard InChI is InChI=1S/C31H24O/c1-2-23-11-13-25(14-12-23)22-32-28-18-15-24(16-19-28)17-20-31-29-9-5-3-7-26(29)21-27-8-4-6-10-30(27)31/h2-21H,1,22H2/b20-17+. The van der Waals surface area contributed by atoms with Crippen molar-refractivity contribution in [3.63, 3.8) is 0 Å². The Balaban J connectivity index is 1.36. The number of rotatable bonds is 6. The minimum Gasteiger partial charge on any atom is -0.489 e. The fourth-order valence-electron chi connectivity index (χ4n) is 4.00. The van der Waals surface area contributed by atoms with Gasteiger partial charge in [0.1, 0.15) is 12.4 Å². The van der Waals surface area contributed by atoms with Crippen LogP contribution in [0.1, 0.15) is 22.3 Å². The van der Waals surface area contributed by atoms with E-state index in [4.69, 9.17) is 4.74 Å². The number of benzene rings is 5. The maximum absolute atomic E-state index is 5.95. The van der Waals surface area contributed by atoms with E-state index in [1.807, 2.05) is 18.2 Å². The Morgan fingerprint density at radius 1 is 0.625 bits per heavy atom. The van der Waals surface area contributed by atoms with E-state index in [0.717, 1.165) is 22.4 Å². The number of fused-ring (bicyclic) bond motifs is 2. The summed E-state index contributed by atoms with van der Waals surface area (Å²) in [5.74, 6) is 0.866. The van der Waals surface area contributed by atoms with Crippen LogP contribution in [0.5, 0.6) is 5.75 Å². The highest BCUT2D eigenvalue weighted by Crippen LogP contribution is 2.30. The van der Waals surface area contributed by atoms with Gasteiger partial charge in [-0.1, -0.05) is 110 Å². The van der Waals surface area contributed by atoms with Gasteiger partial charge in [0.25, 0.3) is 0 Å². The van der Waals surface area contributed by atoms with Crippen molar-refractivity contribution in [3.8, 4) is 5.75 Å². The zero-order valence-electron chi connectivity index (χ0n) is 17.9. The van der Waals surface area contributed by atoms with Gasteiger partial charge in [0.15, 0.2) is 0 Å². The van der Waals surface area contributed by atoms with E-state index >= 15 is 0 Å². The second-order valence-electron chi connectivity index (χ2n) is 7.87. The van der Waals surface area contributed by atoms with Crippen LogP contribution < -0.4 is 4.74 Å². The van der Waals surface area contributed by atoms with Crippen LogP contribution >= 0.6 is 0 Å². The number of hydrogen-bond donors (Lipinski definition) is 0. The van der Waals surface area contributed by atoms with Gasteiger partial charge in [-0.15, -0.1) is 0 Å². The Bertz CT molecular complexity index is 1350. The van der Waals surface area contributed by atoms with Gasteiger partial charge in [-0.3, -0.25) is 0 Å². The van der Waals surface area contributed by atoms with E-state index in [-0.39, 0.29) is 0 Å². The first-order chi connectivity index (χ1) is 15.8. The molecule has 0 radical (unpaired) electrons. The first-order valence-corrected chi connectivity index (χ1v) is 10.8. The fraction of sp³-hybridized carbons (Fsp3) is 0.0323. The molecule has 0 saturated carbocycles. The van der Waals surface area contributed by atoms with Crippen LogP contribution in [-0.2, 0) is 6.61 Å². The molecule has 0 spiro atoms. The Hall–Kier alpha value is -4.10. The third-order valence-electron chi connectivity index (χ3n) is 5.76. The van der Waals surface area contributed by atoms with Gasteiger partial charge in [-0.05, 0) is 62.0 Å². The van der Waals surface area contributed by atoms with Crippen LogP contribution in [0.15, 0.2) is 110 Å². The molecule has 32 heavy (non-hydrogen) atoms. The van der Waals surface area contributed by atoms with Crippen molar-refractivity contribution in [1.82, 2.24) is 0 Å². The Morgan fingerprint density at radius 3 is 1.84 bits per heavy atom. The SMILES string of the molecule is C=Cc1ccc(COc2ccc(/C=C/c3c4ccccc4cc4ccccc34)cc2)cc1. The minimum absolute atomic E-state index is 0.550. The Kier molecular flexibility index (Phi) is 5.55. The first-order valence-electron chi connectivity index (χ1n) is 10.8. The molecular weight excluding hydrogens is 388 g/mol. The molecule has 0 heterocycles. The molecule has 154 valence electrons. The van der Waals surface area contributed by atoms with Gasteiger partial charge in [0.2, 0.25) is 0 Å². The molecule has 1 heteroatoms. The highest BCUT2D eigenvalue weighted by molar-refractivity contribution is 6.07. The van der Waals surface area contributed by atoms with Crippen molar-refractivity contribution in [2.24, 2.45) is 0 Å². The Labute approximate surface area is 188 Å². The van der Waals surface area contributed by atoms with E-state index < -0.39 is 0 Å². The van der Waals surface area contributed by atoms with Gasteiger partial charge in [-0.25, -0.2) is 0 Å². The highest BCUT2D eigenvalue weighted by Gasteiger charge is 2.05. The summed E-state index contributed by atoms with van der Waals surface area (Å²) in [6.45, 7) is 4.34. The summed E-state index contributed by atoms with van der Waals surface area (Å²) in [7, 11) is 0. The largest absolute Gasteiger partial charge is 0.489 e. The topological polar surface area (TPSA) is 9.23 Å². The molecule has 0 aliphatic heterocycles. The van der Waals surface area contributed by atoms with Gasteiger partial charge in [0, 0.05) is 0 Å². The second kappa shape index (κ2) is 8.95. The summed E-state index contributed by atoms with van der Waals surface area (Å²) < 4.78 is 5.95. The van der Waals surface area contributed by atoms with Crippen molar-refractivity contribution in [2.45, 2.75) is 6.61 Å². The van der Waals surface area contributed by atoms with Gasteiger partial charge >= 0.3 is 0 Å². The predicted molar refractivity (Wildman–Crippen MR) is 138 cm³/mol. The smallest absolute Gasteiger partial charge is 0.119 e. The summed E-state index contributed by atoms with van der Waals surface area (Å²) in [5.41, 5.74) is 4.65. The van der Waals surface area contributed by atoms with Crippen molar-refractivity contribution >= 4 is 39.8 Å². The molecule has 0 aromatic heterocycles. The molecule has 5 rings (SSSR count). The molecule has 5 aromatic rings. The molecule has 0 bridgehead atoms. The summed E-state index contributed by atoms with van der Waals surface area (Å²) in [6, 6.07) is 35.9. The first kappa shape index (κ1) is 19.8. The lowest BCUT2D eigenvalue weighted by molar-refractivity contribution is 0.306. The van der Waals surface area contributed by atoms with Crippen molar-refractivity contribution in [3.05, 3.63) is 132 Å². The predicted octanol–water partition coefficient (Wildman–Crippen LogP) is 8.39. The zero-order chi connectivity index (χ0) is 21.8. The lowest BCUT2D eigenvalue weighted by atomic mass is 9.96.